The fraction of sp³-hybridized carbons (Fsp3) is 0.136. The van der Waals surface area contributed by atoms with E-state index in [1.807, 2.05) is 49.4 Å². The molecule has 4 rings (SSSR count). The molecule has 0 saturated heterocycles. The summed E-state index contributed by atoms with van der Waals surface area (Å²) in [6, 6.07) is 19.9. The van der Waals surface area contributed by atoms with Crippen molar-refractivity contribution in [3.05, 3.63) is 84.4 Å². The summed E-state index contributed by atoms with van der Waals surface area (Å²) in [5.41, 5.74) is 2.15. The van der Waals surface area contributed by atoms with Crippen LogP contribution in [0.2, 0.25) is 0 Å². The third-order valence-corrected chi connectivity index (χ3v) is 5.19. The second kappa shape index (κ2) is 8.87. The van der Waals surface area contributed by atoms with E-state index in [1.165, 1.54) is 17.8 Å². The van der Waals surface area contributed by atoms with Gasteiger partial charge < -0.3 is 4.74 Å². The first kappa shape index (κ1) is 19.1. The highest BCUT2D eigenvalue weighted by Crippen LogP contribution is 2.31. The van der Waals surface area contributed by atoms with Gasteiger partial charge in [-0.05, 0) is 55.5 Å². The average molecular weight is 406 g/mol. The molecule has 5 nitrogen and oxygen atoms in total. The molecular formula is C22H19FN4OS. The van der Waals surface area contributed by atoms with Crippen molar-refractivity contribution in [3.63, 3.8) is 0 Å². The summed E-state index contributed by atoms with van der Waals surface area (Å²) in [7, 11) is 0. The van der Waals surface area contributed by atoms with Crippen LogP contribution in [0.5, 0.6) is 5.75 Å². The van der Waals surface area contributed by atoms with Gasteiger partial charge in [-0.15, -0.1) is 10.2 Å². The number of nitrogens with zero attached hydrogens (tertiary/aromatic N) is 4. The lowest BCUT2D eigenvalue weighted by Gasteiger charge is -2.11. The van der Waals surface area contributed by atoms with Crippen LogP contribution in [0, 0.1) is 5.82 Å². The molecule has 0 unspecified atom stereocenters. The first-order chi connectivity index (χ1) is 14.3. The monoisotopic (exact) mass is 406 g/mol. The molecule has 0 amide bonds. The number of benzene rings is 2. The highest BCUT2D eigenvalue weighted by Gasteiger charge is 2.18. The lowest BCUT2D eigenvalue weighted by Crippen LogP contribution is -2.02. The Balaban J connectivity index is 1.73. The van der Waals surface area contributed by atoms with E-state index in [9.17, 15) is 4.39 Å². The molecule has 2 aromatic heterocycles. The van der Waals surface area contributed by atoms with Gasteiger partial charge in [0, 0.05) is 17.5 Å². The molecule has 146 valence electrons. The Labute approximate surface area is 172 Å². The van der Waals surface area contributed by atoms with Crippen LogP contribution < -0.4 is 4.74 Å². The standard InChI is InChI=1S/C22H19FN4OS/c1-2-28-18-12-10-16(11-13-18)21-25-26-22(29-15-17-7-5-6-14-24-17)27(21)20-9-4-3-8-19(20)23/h3-14H,2,15H2,1H3. The van der Waals surface area contributed by atoms with Crippen molar-refractivity contribution >= 4 is 11.8 Å². The Kier molecular flexibility index (Phi) is 5.86. The van der Waals surface area contributed by atoms with Crippen LogP contribution in [0.25, 0.3) is 17.1 Å². The molecule has 0 radical (unpaired) electrons. The predicted octanol–water partition coefficient (Wildman–Crippen LogP) is 5.16. The second-order valence-corrected chi connectivity index (χ2v) is 7.10. The minimum Gasteiger partial charge on any atom is -0.494 e. The zero-order chi connectivity index (χ0) is 20.1. The molecule has 0 atom stereocenters. The van der Waals surface area contributed by atoms with Gasteiger partial charge in [-0.2, -0.15) is 0 Å². The van der Waals surface area contributed by atoms with E-state index in [1.54, 1.807) is 29.0 Å². The smallest absolute Gasteiger partial charge is 0.196 e. The molecule has 0 aliphatic heterocycles. The van der Waals surface area contributed by atoms with E-state index in [0.29, 0.717) is 29.0 Å². The predicted molar refractivity (Wildman–Crippen MR) is 112 cm³/mol. The number of ether oxygens (including phenoxy) is 1. The molecule has 2 aromatic carbocycles. The van der Waals surface area contributed by atoms with Crippen molar-refractivity contribution in [1.29, 1.82) is 0 Å². The number of para-hydroxylation sites is 1. The fourth-order valence-corrected chi connectivity index (χ4v) is 3.75. The van der Waals surface area contributed by atoms with Gasteiger partial charge in [0.2, 0.25) is 0 Å². The summed E-state index contributed by atoms with van der Waals surface area (Å²) in [6.45, 7) is 2.53. The van der Waals surface area contributed by atoms with Gasteiger partial charge in [-0.25, -0.2) is 4.39 Å². The molecular weight excluding hydrogens is 387 g/mol. The molecule has 7 heteroatoms. The number of rotatable bonds is 7. The van der Waals surface area contributed by atoms with Crippen molar-refractivity contribution < 1.29 is 9.13 Å². The molecule has 2 heterocycles. The van der Waals surface area contributed by atoms with E-state index in [2.05, 4.69) is 15.2 Å². The zero-order valence-corrected chi connectivity index (χ0v) is 16.6. The van der Waals surface area contributed by atoms with Crippen molar-refractivity contribution in [3.8, 4) is 22.8 Å². The van der Waals surface area contributed by atoms with Crippen LogP contribution in [0.4, 0.5) is 4.39 Å². The molecule has 29 heavy (non-hydrogen) atoms. The number of halogens is 1. The van der Waals surface area contributed by atoms with Crippen LogP contribution in [0.15, 0.2) is 78.1 Å². The van der Waals surface area contributed by atoms with E-state index in [0.717, 1.165) is 17.0 Å². The maximum Gasteiger partial charge on any atom is 0.196 e. The van der Waals surface area contributed by atoms with Gasteiger partial charge in [0.15, 0.2) is 11.0 Å². The Morgan fingerprint density at radius 2 is 1.76 bits per heavy atom. The summed E-state index contributed by atoms with van der Waals surface area (Å²) in [4.78, 5) is 4.34. The van der Waals surface area contributed by atoms with E-state index in [-0.39, 0.29) is 5.82 Å². The SMILES string of the molecule is CCOc1ccc(-c2nnc(SCc3ccccn3)n2-c2ccccc2F)cc1. The topological polar surface area (TPSA) is 52.8 Å². The van der Waals surface area contributed by atoms with E-state index < -0.39 is 0 Å². The van der Waals surface area contributed by atoms with Crippen molar-refractivity contribution in [2.24, 2.45) is 0 Å². The number of thioether (sulfide) groups is 1. The number of hydrogen-bond acceptors (Lipinski definition) is 5. The van der Waals surface area contributed by atoms with Gasteiger partial charge in [0.1, 0.15) is 11.6 Å². The minimum atomic E-state index is -0.334. The molecule has 0 N–H and O–H groups in total. The van der Waals surface area contributed by atoms with Crippen molar-refractivity contribution in [2.45, 2.75) is 17.8 Å². The van der Waals surface area contributed by atoms with E-state index in [4.69, 9.17) is 4.74 Å². The summed E-state index contributed by atoms with van der Waals surface area (Å²) in [5.74, 6) is 1.62. The number of hydrogen-bond donors (Lipinski definition) is 0. The third-order valence-electron chi connectivity index (χ3n) is 4.23. The van der Waals surface area contributed by atoms with Gasteiger partial charge >= 0.3 is 0 Å². The van der Waals surface area contributed by atoms with Crippen molar-refractivity contribution in [1.82, 2.24) is 19.7 Å². The largest absolute Gasteiger partial charge is 0.494 e. The Hall–Kier alpha value is -3.19. The second-order valence-electron chi connectivity index (χ2n) is 6.16. The van der Waals surface area contributed by atoms with Crippen LogP contribution in [0.3, 0.4) is 0 Å². The van der Waals surface area contributed by atoms with Crippen molar-refractivity contribution in [2.75, 3.05) is 6.61 Å². The van der Waals surface area contributed by atoms with Gasteiger partial charge in [-0.1, -0.05) is 30.0 Å². The summed E-state index contributed by atoms with van der Waals surface area (Å²) >= 11 is 1.47. The Bertz CT molecular complexity index is 1080. The molecule has 0 aliphatic carbocycles. The quantitative estimate of drug-likeness (QED) is 0.397. The molecule has 0 fully saturated rings. The first-order valence-electron chi connectivity index (χ1n) is 9.22. The summed E-state index contributed by atoms with van der Waals surface area (Å²) in [6.07, 6.45) is 1.75. The highest BCUT2D eigenvalue weighted by atomic mass is 32.2. The molecule has 0 spiro atoms. The Morgan fingerprint density at radius 1 is 0.966 bits per heavy atom. The zero-order valence-electron chi connectivity index (χ0n) is 15.8. The van der Waals surface area contributed by atoms with Gasteiger partial charge in [-0.3, -0.25) is 9.55 Å². The molecule has 0 saturated carbocycles. The average Bonchev–Trinajstić information content (AvgIpc) is 3.18. The minimum absolute atomic E-state index is 0.334. The fourth-order valence-electron chi connectivity index (χ4n) is 2.89. The maximum atomic E-state index is 14.6. The molecule has 0 bridgehead atoms. The van der Waals surface area contributed by atoms with Crippen LogP contribution >= 0.6 is 11.8 Å². The molecule has 4 aromatic rings. The summed E-state index contributed by atoms with van der Waals surface area (Å²) in [5, 5.41) is 9.29. The van der Waals surface area contributed by atoms with Gasteiger partial charge in [0.25, 0.3) is 0 Å². The van der Waals surface area contributed by atoms with Crippen LogP contribution in [-0.2, 0) is 5.75 Å². The lowest BCUT2D eigenvalue weighted by atomic mass is 10.2. The maximum absolute atomic E-state index is 14.6. The van der Waals surface area contributed by atoms with E-state index >= 15 is 0 Å². The lowest BCUT2D eigenvalue weighted by molar-refractivity contribution is 0.340. The summed E-state index contributed by atoms with van der Waals surface area (Å²) < 4.78 is 21.9. The Morgan fingerprint density at radius 3 is 2.48 bits per heavy atom. The normalized spacial score (nSPS) is 10.8. The highest BCUT2D eigenvalue weighted by molar-refractivity contribution is 7.98. The number of pyridine rings is 1. The van der Waals surface area contributed by atoms with Gasteiger partial charge in [0.05, 0.1) is 18.0 Å². The number of aromatic nitrogens is 4. The van der Waals surface area contributed by atoms with Crippen LogP contribution in [0.1, 0.15) is 12.6 Å². The van der Waals surface area contributed by atoms with Crippen LogP contribution in [-0.4, -0.2) is 26.4 Å². The first-order valence-corrected chi connectivity index (χ1v) is 10.2. The molecule has 0 aliphatic rings. The third kappa shape index (κ3) is 4.30.